The summed E-state index contributed by atoms with van der Waals surface area (Å²) in [6, 6.07) is 15.5. The van der Waals surface area contributed by atoms with Crippen molar-refractivity contribution < 1.29 is 0 Å². The molecular weight excluding hydrogens is 256 g/mol. The van der Waals surface area contributed by atoms with E-state index in [0.29, 0.717) is 12.1 Å². The number of benzene rings is 1. The van der Waals surface area contributed by atoms with Crippen molar-refractivity contribution in [1.29, 1.82) is 0 Å². The Morgan fingerprint density at radius 1 is 0.952 bits per heavy atom. The van der Waals surface area contributed by atoms with E-state index < -0.39 is 0 Å². The van der Waals surface area contributed by atoms with Crippen molar-refractivity contribution in [3.8, 4) is 0 Å². The van der Waals surface area contributed by atoms with E-state index in [4.69, 9.17) is 0 Å². The third kappa shape index (κ3) is 4.98. The van der Waals surface area contributed by atoms with Gasteiger partial charge in [0.15, 0.2) is 0 Å². The van der Waals surface area contributed by atoms with Gasteiger partial charge in [-0.2, -0.15) is 0 Å². The highest BCUT2D eigenvalue weighted by Crippen LogP contribution is 2.31. The van der Waals surface area contributed by atoms with Gasteiger partial charge in [-0.3, -0.25) is 4.98 Å². The maximum Gasteiger partial charge on any atom is 0.0330 e. The molecule has 0 aliphatic rings. The summed E-state index contributed by atoms with van der Waals surface area (Å²) in [6.07, 6.45) is 4.82. The van der Waals surface area contributed by atoms with Crippen LogP contribution >= 0.6 is 0 Å². The average Bonchev–Trinajstić information content (AvgIpc) is 2.47. The topological polar surface area (TPSA) is 24.9 Å². The highest BCUT2D eigenvalue weighted by atomic mass is 14.9. The standard InChI is InChI=1S/C19H26N2/c1-15(16-10-12-20-13-11-16)21-18(14-19(2,3)4)17-8-6-5-7-9-17/h5-13,15,18,21H,14H2,1-4H3/t15-,18?/m1/s1. The highest BCUT2D eigenvalue weighted by molar-refractivity contribution is 5.21. The average molecular weight is 282 g/mol. The maximum absolute atomic E-state index is 4.10. The first-order valence-corrected chi connectivity index (χ1v) is 7.66. The zero-order valence-electron chi connectivity index (χ0n) is 13.5. The molecule has 0 spiro atoms. The van der Waals surface area contributed by atoms with E-state index in [0.717, 1.165) is 6.42 Å². The summed E-state index contributed by atoms with van der Waals surface area (Å²) in [7, 11) is 0. The summed E-state index contributed by atoms with van der Waals surface area (Å²) in [5, 5.41) is 3.78. The molecule has 112 valence electrons. The fourth-order valence-corrected chi connectivity index (χ4v) is 2.62. The van der Waals surface area contributed by atoms with Crippen LogP contribution < -0.4 is 5.32 Å². The molecule has 0 aliphatic carbocycles. The van der Waals surface area contributed by atoms with Crippen LogP contribution in [0.3, 0.4) is 0 Å². The lowest BCUT2D eigenvalue weighted by molar-refractivity contribution is 0.297. The minimum absolute atomic E-state index is 0.283. The number of pyridine rings is 1. The van der Waals surface area contributed by atoms with E-state index in [2.05, 4.69) is 80.5 Å². The van der Waals surface area contributed by atoms with Crippen LogP contribution in [0.25, 0.3) is 0 Å². The van der Waals surface area contributed by atoms with Crippen LogP contribution in [-0.4, -0.2) is 4.98 Å². The quantitative estimate of drug-likeness (QED) is 0.843. The van der Waals surface area contributed by atoms with E-state index >= 15 is 0 Å². The predicted octanol–water partition coefficient (Wildman–Crippen LogP) is 4.91. The molecule has 1 aromatic carbocycles. The number of nitrogens with zero attached hydrogens (tertiary/aromatic N) is 1. The summed E-state index contributed by atoms with van der Waals surface area (Å²) in [6.45, 7) is 9.10. The Balaban J connectivity index is 2.16. The van der Waals surface area contributed by atoms with Gasteiger partial charge in [-0.1, -0.05) is 51.1 Å². The highest BCUT2D eigenvalue weighted by Gasteiger charge is 2.21. The van der Waals surface area contributed by atoms with Gasteiger partial charge in [-0.15, -0.1) is 0 Å². The van der Waals surface area contributed by atoms with Gasteiger partial charge in [0.25, 0.3) is 0 Å². The van der Waals surface area contributed by atoms with Gasteiger partial charge in [-0.25, -0.2) is 0 Å². The van der Waals surface area contributed by atoms with Crippen molar-refractivity contribution in [3.05, 3.63) is 66.0 Å². The van der Waals surface area contributed by atoms with Crippen LogP contribution in [0.4, 0.5) is 0 Å². The zero-order chi connectivity index (χ0) is 15.3. The second-order valence-corrected chi connectivity index (χ2v) is 6.90. The Kier molecular flexibility index (Phi) is 5.13. The monoisotopic (exact) mass is 282 g/mol. The second kappa shape index (κ2) is 6.86. The van der Waals surface area contributed by atoms with Gasteiger partial charge in [0.1, 0.15) is 0 Å². The van der Waals surface area contributed by atoms with Gasteiger partial charge in [-0.05, 0) is 42.0 Å². The first kappa shape index (κ1) is 15.7. The molecule has 2 nitrogen and oxygen atoms in total. The molecule has 2 atom stereocenters. The fraction of sp³-hybridized carbons (Fsp3) is 0.421. The fourth-order valence-electron chi connectivity index (χ4n) is 2.62. The molecular formula is C19H26N2. The molecule has 0 bridgehead atoms. The van der Waals surface area contributed by atoms with Crippen molar-refractivity contribution in [2.24, 2.45) is 5.41 Å². The van der Waals surface area contributed by atoms with Crippen molar-refractivity contribution in [3.63, 3.8) is 0 Å². The lowest BCUT2D eigenvalue weighted by Gasteiger charge is -2.30. The van der Waals surface area contributed by atoms with Crippen LogP contribution in [0.5, 0.6) is 0 Å². The molecule has 0 saturated carbocycles. The normalized spacial score (nSPS) is 14.7. The van der Waals surface area contributed by atoms with Crippen LogP contribution in [0.15, 0.2) is 54.9 Å². The van der Waals surface area contributed by atoms with Crippen LogP contribution in [0.1, 0.15) is 57.3 Å². The molecule has 2 aromatic rings. The van der Waals surface area contributed by atoms with E-state index in [-0.39, 0.29) is 5.41 Å². The van der Waals surface area contributed by atoms with Crippen LogP contribution in [0, 0.1) is 5.41 Å². The molecule has 2 heteroatoms. The Morgan fingerprint density at radius 3 is 2.14 bits per heavy atom. The first-order valence-electron chi connectivity index (χ1n) is 7.66. The predicted molar refractivity (Wildman–Crippen MR) is 89.0 cm³/mol. The second-order valence-electron chi connectivity index (χ2n) is 6.90. The van der Waals surface area contributed by atoms with E-state index in [1.807, 2.05) is 12.4 Å². The number of hydrogen-bond donors (Lipinski definition) is 1. The third-order valence-electron chi connectivity index (χ3n) is 3.68. The summed E-state index contributed by atoms with van der Waals surface area (Å²) >= 11 is 0. The summed E-state index contributed by atoms with van der Waals surface area (Å²) in [5.74, 6) is 0. The SMILES string of the molecule is C[C@@H](NC(CC(C)(C)C)c1ccccc1)c1ccncc1. The molecule has 1 heterocycles. The van der Waals surface area contributed by atoms with Crippen molar-refractivity contribution in [1.82, 2.24) is 10.3 Å². The first-order chi connectivity index (χ1) is 9.96. The number of aromatic nitrogens is 1. The Hall–Kier alpha value is -1.67. The maximum atomic E-state index is 4.10. The van der Waals surface area contributed by atoms with Gasteiger partial charge in [0.05, 0.1) is 0 Å². The Labute approximate surface area is 128 Å². The van der Waals surface area contributed by atoms with Crippen LogP contribution in [0.2, 0.25) is 0 Å². The Bertz CT molecular complexity index is 528. The van der Waals surface area contributed by atoms with Crippen molar-refractivity contribution >= 4 is 0 Å². The zero-order valence-corrected chi connectivity index (χ0v) is 13.5. The summed E-state index contributed by atoms with van der Waals surface area (Å²) in [4.78, 5) is 4.10. The van der Waals surface area contributed by atoms with E-state index in [1.54, 1.807) is 0 Å². The van der Waals surface area contributed by atoms with Crippen molar-refractivity contribution in [2.75, 3.05) is 0 Å². The molecule has 0 fully saturated rings. The minimum atomic E-state index is 0.283. The smallest absolute Gasteiger partial charge is 0.0330 e. The molecule has 0 saturated heterocycles. The molecule has 0 amide bonds. The van der Waals surface area contributed by atoms with Gasteiger partial charge in [0, 0.05) is 24.5 Å². The molecule has 1 N–H and O–H groups in total. The van der Waals surface area contributed by atoms with Gasteiger partial charge in [0.2, 0.25) is 0 Å². The largest absolute Gasteiger partial charge is 0.303 e. The molecule has 0 radical (unpaired) electrons. The Morgan fingerprint density at radius 2 is 1.57 bits per heavy atom. The molecule has 2 rings (SSSR count). The number of hydrogen-bond acceptors (Lipinski definition) is 2. The summed E-state index contributed by atoms with van der Waals surface area (Å²) in [5.41, 5.74) is 2.92. The third-order valence-corrected chi connectivity index (χ3v) is 3.68. The molecule has 1 aromatic heterocycles. The minimum Gasteiger partial charge on any atom is -0.303 e. The lowest BCUT2D eigenvalue weighted by atomic mass is 9.85. The number of nitrogens with one attached hydrogen (secondary N) is 1. The lowest BCUT2D eigenvalue weighted by Crippen LogP contribution is -2.28. The van der Waals surface area contributed by atoms with E-state index in [9.17, 15) is 0 Å². The van der Waals surface area contributed by atoms with Crippen molar-refractivity contribution in [2.45, 2.75) is 46.2 Å². The number of rotatable bonds is 5. The van der Waals surface area contributed by atoms with E-state index in [1.165, 1.54) is 11.1 Å². The molecule has 0 aliphatic heterocycles. The summed E-state index contributed by atoms with van der Waals surface area (Å²) < 4.78 is 0. The van der Waals surface area contributed by atoms with Crippen LogP contribution in [-0.2, 0) is 0 Å². The van der Waals surface area contributed by atoms with Gasteiger partial charge < -0.3 is 5.32 Å². The molecule has 1 unspecified atom stereocenters. The molecule has 21 heavy (non-hydrogen) atoms. The van der Waals surface area contributed by atoms with Gasteiger partial charge >= 0.3 is 0 Å².